The number of rotatable bonds is 4. The molecule has 1 aliphatic rings. The SMILES string of the molecule is CC1CCN(C(=O)c2cc(OCc3ccccc3)ncn2)CC1. The standard InChI is InChI=1S/C18H21N3O2/c1-14-7-9-21(10-8-14)18(22)16-11-17(20-13-19-16)23-12-15-5-3-2-4-6-15/h2-6,11,13-14H,7-10,12H2,1H3. The molecule has 1 aromatic heterocycles. The Bertz CT molecular complexity index is 652. The molecule has 1 saturated heterocycles. The van der Waals surface area contributed by atoms with Crippen molar-refractivity contribution in [1.82, 2.24) is 14.9 Å². The molecule has 120 valence electrons. The van der Waals surface area contributed by atoms with E-state index < -0.39 is 0 Å². The first-order chi connectivity index (χ1) is 11.2. The molecule has 5 nitrogen and oxygen atoms in total. The Morgan fingerprint density at radius 3 is 2.70 bits per heavy atom. The molecule has 0 spiro atoms. The molecule has 0 saturated carbocycles. The molecule has 5 heteroatoms. The monoisotopic (exact) mass is 311 g/mol. The average Bonchev–Trinajstić information content (AvgIpc) is 2.61. The van der Waals surface area contributed by atoms with Crippen molar-refractivity contribution in [1.29, 1.82) is 0 Å². The first-order valence-corrected chi connectivity index (χ1v) is 8.00. The predicted octanol–water partition coefficient (Wildman–Crippen LogP) is 2.93. The largest absolute Gasteiger partial charge is 0.473 e. The average molecular weight is 311 g/mol. The highest BCUT2D eigenvalue weighted by atomic mass is 16.5. The third-order valence-corrected chi connectivity index (χ3v) is 4.16. The molecule has 1 aromatic carbocycles. The van der Waals surface area contributed by atoms with E-state index in [-0.39, 0.29) is 5.91 Å². The lowest BCUT2D eigenvalue weighted by Gasteiger charge is -2.29. The Hall–Kier alpha value is -2.43. The minimum atomic E-state index is -0.0381. The molecule has 1 fully saturated rings. The van der Waals surface area contributed by atoms with Gasteiger partial charge in [0.15, 0.2) is 0 Å². The normalized spacial score (nSPS) is 15.4. The smallest absolute Gasteiger partial charge is 0.272 e. The van der Waals surface area contributed by atoms with E-state index in [1.165, 1.54) is 6.33 Å². The van der Waals surface area contributed by atoms with E-state index in [4.69, 9.17) is 4.74 Å². The lowest BCUT2D eigenvalue weighted by Crippen LogP contribution is -2.38. The van der Waals surface area contributed by atoms with Crippen molar-refractivity contribution in [2.75, 3.05) is 13.1 Å². The Morgan fingerprint density at radius 2 is 1.96 bits per heavy atom. The van der Waals surface area contributed by atoms with Gasteiger partial charge in [0.05, 0.1) is 0 Å². The van der Waals surface area contributed by atoms with Crippen LogP contribution in [0.1, 0.15) is 35.8 Å². The van der Waals surface area contributed by atoms with Crippen LogP contribution in [-0.4, -0.2) is 33.9 Å². The second-order valence-corrected chi connectivity index (χ2v) is 5.99. The number of carbonyl (C=O) groups is 1. The van der Waals surface area contributed by atoms with Gasteiger partial charge in [0.25, 0.3) is 5.91 Å². The number of likely N-dealkylation sites (tertiary alicyclic amines) is 1. The van der Waals surface area contributed by atoms with Crippen molar-refractivity contribution in [3.05, 3.63) is 54.0 Å². The van der Waals surface area contributed by atoms with Crippen LogP contribution in [-0.2, 0) is 6.61 Å². The van der Waals surface area contributed by atoms with Crippen LogP contribution in [0, 0.1) is 5.92 Å². The maximum Gasteiger partial charge on any atom is 0.272 e. The summed E-state index contributed by atoms with van der Waals surface area (Å²) in [7, 11) is 0. The van der Waals surface area contributed by atoms with Crippen molar-refractivity contribution in [3.8, 4) is 5.88 Å². The summed E-state index contributed by atoms with van der Waals surface area (Å²) >= 11 is 0. The van der Waals surface area contributed by atoms with E-state index in [0.717, 1.165) is 31.5 Å². The van der Waals surface area contributed by atoms with E-state index in [9.17, 15) is 4.79 Å². The molecule has 0 unspecified atom stereocenters. The molecule has 1 aliphatic heterocycles. The van der Waals surface area contributed by atoms with Gasteiger partial charge in [-0.1, -0.05) is 37.3 Å². The van der Waals surface area contributed by atoms with Crippen LogP contribution in [0.2, 0.25) is 0 Å². The summed E-state index contributed by atoms with van der Waals surface area (Å²) in [6.45, 7) is 4.24. The Morgan fingerprint density at radius 1 is 1.22 bits per heavy atom. The molecule has 0 atom stereocenters. The molecular formula is C18H21N3O2. The zero-order valence-corrected chi connectivity index (χ0v) is 13.3. The number of nitrogens with zero attached hydrogens (tertiary/aromatic N) is 3. The topological polar surface area (TPSA) is 55.3 Å². The number of hydrogen-bond acceptors (Lipinski definition) is 4. The second kappa shape index (κ2) is 7.22. The number of amides is 1. The van der Waals surface area contributed by atoms with Crippen LogP contribution < -0.4 is 4.74 Å². The van der Waals surface area contributed by atoms with Gasteiger partial charge >= 0.3 is 0 Å². The molecule has 1 amide bonds. The fourth-order valence-electron chi connectivity index (χ4n) is 2.64. The highest BCUT2D eigenvalue weighted by molar-refractivity contribution is 5.92. The zero-order valence-electron chi connectivity index (χ0n) is 13.3. The lowest BCUT2D eigenvalue weighted by molar-refractivity contribution is 0.0690. The van der Waals surface area contributed by atoms with Crippen molar-refractivity contribution < 1.29 is 9.53 Å². The minimum Gasteiger partial charge on any atom is -0.473 e. The highest BCUT2D eigenvalue weighted by Crippen LogP contribution is 2.18. The van der Waals surface area contributed by atoms with Crippen molar-refractivity contribution in [3.63, 3.8) is 0 Å². The number of ether oxygens (including phenoxy) is 1. The zero-order chi connectivity index (χ0) is 16.1. The van der Waals surface area contributed by atoms with Gasteiger partial charge < -0.3 is 9.64 Å². The molecular weight excluding hydrogens is 290 g/mol. The van der Waals surface area contributed by atoms with Gasteiger partial charge in [-0.15, -0.1) is 0 Å². The maximum atomic E-state index is 12.5. The van der Waals surface area contributed by atoms with E-state index in [0.29, 0.717) is 24.1 Å². The van der Waals surface area contributed by atoms with Crippen LogP contribution in [0.25, 0.3) is 0 Å². The number of benzene rings is 1. The highest BCUT2D eigenvalue weighted by Gasteiger charge is 2.22. The number of piperidine rings is 1. The maximum absolute atomic E-state index is 12.5. The first kappa shape index (κ1) is 15.5. The summed E-state index contributed by atoms with van der Waals surface area (Å²) in [5.41, 5.74) is 1.46. The summed E-state index contributed by atoms with van der Waals surface area (Å²) in [4.78, 5) is 22.6. The predicted molar refractivity (Wildman–Crippen MR) is 87.1 cm³/mol. The lowest BCUT2D eigenvalue weighted by atomic mass is 9.99. The molecule has 2 aromatic rings. The van der Waals surface area contributed by atoms with Crippen molar-refractivity contribution >= 4 is 5.91 Å². The fraction of sp³-hybridized carbons (Fsp3) is 0.389. The van der Waals surface area contributed by atoms with Crippen LogP contribution >= 0.6 is 0 Å². The first-order valence-electron chi connectivity index (χ1n) is 8.00. The molecule has 23 heavy (non-hydrogen) atoms. The van der Waals surface area contributed by atoms with Gasteiger partial charge in [-0.3, -0.25) is 4.79 Å². The quantitative estimate of drug-likeness (QED) is 0.871. The summed E-state index contributed by atoms with van der Waals surface area (Å²) in [6, 6.07) is 11.5. The Kier molecular flexibility index (Phi) is 4.86. The van der Waals surface area contributed by atoms with Gasteiger partial charge in [0.2, 0.25) is 5.88 Å². The Labute approximate surface area is 136 Å². The molecule has 0 aliphatic carbocycles. The van der Waals surface area contributed by atoms with E-state index in [2.05, 4.69) is 16.9 Å². The molecule has 0 N–H and O–H groups in total. The molecule has 0 bridgehead atoms. The summed E-state index contributed by atoms with van der Waals surface area (Å²) in [6.07, 6.45) is 3.49. The molecule has 3 rings (SSSR count). The van der Waals surface area contributed by atoms with Crippen LogP contribution in [0.4, 0.5) is 0 Å². The van der Waals surface area contributed by atoms with Gasteiger partial charge in [0.1, 0.15) is 18.6 Å². The van der Waals surface area contributed by atoms with Gasteiger partial charge in [-0.2, -0.15) is 0 Å². The number of hydrogen-bond donors (Lipinski definition) is 0. The minimum absolute atomic E-state index is 0.0381. The van der Waals surface area contributed by atoms with Crippen molar-refractivity contribution in [2.45, 2.75) is 26.4 Å². The third-order valence-electron chi connectivity index (χ3n) is 4.16. The van der Waals surface area contributed by atoms with E-state index >= 15 is 0 Å². The summed E-state index contributed by atoms with van der Waals surface area (Å²) < 4.78 is 5.67. The molecule has 0 radical (unpaired) electrons. The van der Waals surface area contributed by atoms with Crippen molar-refractivity contribution in [2.24, 2.45) is 5.92 Å². The second-order valence-electron chi connectivity index (χ2n) is 5.99. The van der Waals surface area contributed by atoms with E-state index in [1.54, 1.807) is 6.07 Å². The van der Waals surface area contributed by atoms with Gasteiger partial charge in [-0.25, -0.2) is 9.97 Å². The summed E-state index contributed by atoms with van der Waals surface area (Å²) in [5.74, 6) is 1.08. The summed E-state index contributed by atoms with van der Waals surface area (Å²) in [5, 5.41) is 0. The third kappa shape index (κ3) is 4.06. The number of aromatic nitrogens is 2. The van der Waals surface area contributed by atoms with Gasteiger partial charge in [0, 0.05) is 19.2 Å². The fourth-order valence-corrected chi connectivity index (χ4v) is 2.64. The van der Waals surface area contributed by atoms with E-state index in [1.807, 2.05) is 35.2 Å². The number of carbonyl (C=O) groups excluding carboxylic acids is 1. The Balaban J connectivity index is 1.64. The van der Waals surface area contributed by atoms with Crippen LogP contribution in [0.3, 0.4) is 0 Å². The van der Waals surface area contributed by atoms with Crippen LogP contribution in [0.5, 0.6) is 5.88 Å². The van der Waals surface area contributed by atoms with Crippen LogP contribution in [0.15, 0.2) is 42.7 Å². The van der Waals surface area contributed by atoms with Gasteiger partial charge in [-0.05, 0) is 24.3 Å². The molecule has 2 heterocycles.